The highest BCUT2D eigenvalue weighted by atomic mass is 35.5. The summed E-state index contributed by atoms with van der Waals surface area (Å²) < 4.78 is 4.78. The molecule has 2 heterocycles. The molecule has 1 unspecified atom stereocenters. The third-order valence-corrected chi connectivity index (χ3v) is 3.88. The molecule has 1 aromatic heterocycles. The number of halogens is 1. The van der Waals surface area contributed by atoms with Gasteiger partial charge >= 0.3 is 5.97 Å². The zero-order valence-corrected chi connectivity index (χ0v) is 12.9. The van der Waals surface area contributed by atoms with Gasteiger partial charge in [-0.2, -0.15) is 0 Å². The Kier molecular flexibility index (Phi) is 4.48. The van der Waals surface area contributed by atoms with Crippen LogP contribution in [-0.2, 0) is 9.53 Å². The van der Waals surface area contributed by atoms with Crippen molar-refractivity contribution in [3.63, 3.8) is 0 Å². The Morgan fingerprint density at radius 2 is 2.15 bits per heavy atom. The number of piperidine rings is 1. The summed E-state index contributed by atoms with van der Waals surface area (Å²) >= 11 is 5.83. The molecule has 1 aromatic rings. The van der Waals surface area contributed by atoms with E-state index in [1.54, 1.807) is 12.4 Å². The van der Waals surface area contributed by atoms with E-state index in [0.29, 0.717) is 17.4 Å². The Balaban J connectivity index is 2.21. The van der Waals surface area contributed by atoms with Gasteiger partial charge in [0.2, 0.25) is 5.95 Å². The lowest BCUT2D eigenvalue weighted by Crippen LogP contribution is -2.48. The molecular formula is C14H20ClN3O2. The van der Waals surface area contributed by atoms with Gasteiger partial charge in [-0.25, -0.2) is 9.97 Å². The Morgan fingerprint density at radius 3 is 2.75 bits per heavy atom. The van der Waals surface area contributed by atoms with Crippen LogP contribution < -0.4 is 4.90 Å². The van der Waals surface area contributed by atoms with Gasteiger partial charge in [-0.1, -0.05) is 25.4 Å². The highest BCUT2D eigenvalue weighted by molar-refractivity contribution is 6.30. The van der Waals surface area contributed by atoms with Crippen molar-refractivity contribution in [2.45, 2.75) is 39.2 Å². The van der Waals surface area contributed by atoms with E-state index in [0.717, 1.165) is 19.4 Å². The second kappa shape index (κ2) is 5.95. The van der Waals surface area contributed by atoms with Crippen molar-refractivity contribution in [2.75, 3.05) is 18.6 Å². The molecule has 1 atom stereocenters. The van der Waals surface area contributed by atoms with E-state index in [2.05, 4.69) is 28.7 Å². The standard InChI is InChI=1S/C14H20ClN3O2/c1-14(2)5-4-11(6-12(19)20-3)18(9-14)13-16-7-10(15)8-17-13/h7-8,11H,4-6,9H2,1-3H3. The molecule has 0 amide bonds. The number of hydrogen-bond acceptors (Lipinski definition) is 5. The number of carbonyl (C=O) groups excluding carboxylic acids is 1. The number of rotatable bonds is 3. The second-order valence-corrected chi connectivity index (χ2v) is 6.40. The smallest absolute Gasteiger partial charge is 0.307 e. The lowest BCUT2D eigenvalue weighted by atomic mass is 9.80. The molecule has 0 N–H and O–H groups in total. The Morgan fingerprint density at radius 1 is 1.50 bits per heavy atom. The van der Waals surface area contributed by atoms with Crippen LogP contribution >= 0.6 is 11.6 Å². The number of aromatic nitrogens is 2. The van der Waals surface area contributed by atoms with Gasteiger partial charge in [0.15, 0.2) is 0 Å². The maximum atomic E-state index is 11.6. The van der Waals surface area contributed by atoms with Gasteiger partial charge in [0.05, 0.1) is 30.9 Å². The van der Waals surface area contributed by atoms with E-state index in [4.69, 9.17) is 16.3 Å². The highest BCUT2D eigenvalue weighted by Gasteiger charge is 2.35. The summed E-state index contributed by atoms with van der Waals surface area (Å²) in [6, 6.07) is 0.0802. The van der Waals surface area contributed by atoms with Crippen LogP contribution in [0.3, 0.4) is 0 Å². The van der Waals surface area contributed by atoms with Crippen molar-refractivity contribution >= 4 is 23.5 Å². The summed E-state index contributed by atoms with van der Waals surface area (Å²) in [5, 5.41) is 0.509. The average molecular weight is 298 g/mol. The summed E-state index contributed by atoms with van der Waals surface area (Å²) in [4.78, 5) is 22.2. The van der Waals surface area contributed by atoms with E-state index >= 15 is 0 Å². The van der Waals surface area contributed by atoms with Gasteiger partial charge < -0.3 is 9.64 Å². The monoisotopic (exact) mass is 297 g/mol. The Bertz CT molecular complexity index is 476. The molecule has 110 valence electrons. The number of carbonyl (C=O) groups is 1. The fourth-order valence-corrected chi connectivity index (χ4v) is 2.66. The highest BCUT2D eigenvalue weighted by Crippen LogP contribution is 2.35. The molecule has 1 aliphatic rings. The fraction of sp³-hybridized carbons (Fsp3) is 0.643. The third kappa shape index (κ3) is 3.60. The molecule has 0 radical (unpaired) electrons. The van der Waals surface area contributed by atoms with Crippen molar-refractivity contribution in [3.8, 4) is 0 Å². The van der Waals surface area contributed by atoms with Gasteiger partial charge in [-0.05, 0) is 18.3 Å². The molecule has 5 nitrogen and oxygen atoms in total. The van der Waals surface area contributed by atoms with Gasteiger partial charge in [-0.3, -0.25) is 4.79 Å². The Hall–Kier alpha value is -1.36. The second-order valence-electron chi connectivity index (χ2n) is 5.97. The first-order valence-corrected chi connectivity index (χ1v) is 7.10. The number of hydrogen-bond donors (Lipinski definition) is 0. The lowest BCUT2D eigenvalue weighted by Gasteiger charge is -2.43. The van der Waals surface area contributed by atoms with E-state index < -0.39 is 0 Å². The first-order chi connectivity index (χ1) is 9.41. The van der Waals surface area contributed by atoms with Gasteiger partial charge in [0.1, 0.15) is 0 Å². The van der Waals surface area contributed by atoms with Crippen molar-refractivity contribution in [1.29, 1.82) is 0 Å². The summed E-state index contributed by atoms with van der Waals surface area (Å²) in [5.41, 5.74) is 0.176. The average Bonchev–Trinajstić information content (AvgIpc) is 2.41. The Labute approximate surface area is 124 Å². The van der Waals surface area contributed by atoms with Crippen molar-refractivity contribution < 1.29 is 9.53 Å². The van der Waals surface area contributed by atoms with Gasteiger partial charge in [-0.15, -0.1) is 0 Å². The molecular weight excluding hydrogens is 278 g/mol. The SMILES string of the molecule is COC(=O)CC1CCC(C)(C)CN1c1ncc(Cl)cn1. The van der Waals surface area contributed by atoms with Crippen molar-refractivity contribution in [2.24, 2.45) is 5.41 Å². The number of methoxy groups -OCH3 is 1. The summed E-state index contributed by atoms with van der Waals surface area (Å²) in [7, 11) is 1.41. The molecule has 0 aliphatic carbocycles. The summed E-state index contributed by atoms with van der Waals surface area (Å²) in [6.45, 7) is 5.24. The molecule has 6 heteroatoms. The van der Waals surface area contributed by atoms with Gasteiger partial charge in [0.25, 0.3) is 0 Å². The quantitative estimate of drug-likeness (QED) is 0.803. The molecule has 20 heavy (non-hydrogen) atoms. The van der Waals surface area contributed by atoms with Crippen LogP contribution in [0.2, 0.25) is 5.02 Å². The predicted octanol–water partition coefficient (Wildman–Crippen LogP) is 2.69. The minimum atomic E-state index is -0.200. The van der Waals surface area contributed by atoms with E-state index in [1.807, 2.05) is 0 Å². The van der Waals surface area contributed by atoms with Crippen LogP contribution in [0, 0.1) is 5.41 Å². The molecule has 0 bridgehead atoms. The van der Waals surface area contributed by atoms with Crippen molar-refractivity contribution in [3.05, 3.63) is 17.4 Å². The van der Waals surface area contributed by atoms with E-state index in [-0.39, 0.29) is 17.4 Å². The number of anilines is 1. The fourth-order valence-electron chi connectivity index (χ4n) is 2.56. The molecule has 0 aromatic carbocycles. The molecule has 1 fully saturated rings. The normalized spacial score (nSPS) is 21.6. The van der Waals surface area contributed by atoms with Crippen molar-refractivity contribution in [1.82, 2.24) is 9.97 Å². The van der Waals surface area contributed by atoms with E-state index in [9.17, 15) is 4.79 Å². The van der Waals surface area contributed by atoms with Crippen LogP contribution in [0.4, 0.5) is 5.95 Å². The lowest BCUT2D eigenvalue weighted by molar-refractivity contribution is -0.141. The molecule has 0 saturated carbocycles. The number of nitrogens with zero attached hydrogens (tertiary/aromatic N) is 3. The van der Waals surface area contributed by atoms with E-state index in [1.165, 1.54) is 7.11 Å². The zero-order valence-electron chi connectivity index (χ0n) is 12.1. The molecule has 1 saturated heterocycles. The summed E-state index contributed by atoms with van der Waals surface area (Å²) in [6.07, 6.45) is 5.52. The predicted molar refractivity (Wildman–Crippen MR) is 77.8 cm³/mol. The molecule has 2 rings (SSSR count). The van der Waals surface area contributed by atoms with Crippen LogP contribution in [0.15, 0.2) is 12.4 Å². The maximum absolute atomic E-state index is 11.6. The zero-order chi connectivity index (χ0) is 14.8. The topological polar surface area (TPSA) is 55.3 Å². The van der Waals surface area contributed by atoms with Crippen LogP contribution in [0.1, 0.15) is 33.1 Å². The number of esters is 1. The molecule has 0 spiro atoms. The van der Waals surface area contributed by atoms with Crippen LogP contribution in [-0.4, -0.2) is 35.6 Å². The summed E-state index contributed by atoms with van der Waals surface area (Å²) in [5.74, 6) is 0.421. The number of ether oxygens (including phenoxy) is 1. The largest absolute Gasteiger partial charge is 0.469 e. The first kappa shape index (κ1) is 15.0. The van der Waals surface area contributed by atoms with Gasteiger partial charge in [0, 0.05) is 12.6 Å². The maximum Gasteiger partial charge on any atom is 0.307 e. The minimum absolute atomic E-state index is 0.0802. The van der Waals surface area contributed by atoms with Crippen LogP contribution in [0.25, 0.3) is 0 Å². The molecule has 1 aliphatic heterocycles. The van der Waals surface area contributed by atoms with Crippen LogP contribution in [0.5, 0.6) is 0 Å². The third-order valence-electron chi connectivity index (χ3n) is 3.69. The first-order valence-electron chi connectivity index (χ1n) is 6.72. The minimum Gasteiger partial charge on any atom is -0.469 e.